The Morgan fingerprint density at radius 1 is 1.32 bits per heavy atom. The van der Waals surface area contributed by atoms with E-state index in [4.69, 9.17) is 11.5 Å². The zero-order valence-electron chi connectivity index (χ0n) is 10.5. The summed E-state index contributed by atoms with van der Waals surface area (Å²) < 4.78 is 0. The molecular weight excluding hydrogens is 244 g/mol. The molecule has 0 radical (unpaired) electrons. The van der Waals surface area contributed by atoms with Crippen LogP contribution in [0.3, 0.4) is 0 Å². The van der Waals surface area contributed by atoms with Crippen LogP contribution in [0.4, 0.5) is 10.5 Å². The van der Waals surface area contributed by atoms with Gasteiger partial charge in [-0.25, -0.2) is 4.79 Å². The molecule has 0 atom stereocenters. The van der Waals surface area contributed by atoms with E-state index >= 15 is 0 Å². The van der Waals surface area contributed by atoms with Crippen molar-refractivity contribution in [2.24, 2.45) is 0 Å². The van der Waals surface area contributed by atoms with E-state index < -0.39 is 5.97 Å². The number of urea groups is 1. The van der Waals surface area contributed by atoms with Crippen molar-refractivity contribution in [3.63, 3.8) is 0 Å². The van der Waals surface area contributed by atoms with E-state index in [2.05, 4.69) is 11.2 Å². The van der Waals surface area contributed by atoms with Gasteiger partial charge in [-0.05, 0) is 12.1 Å². The van der Waals surface area contributed by atoms with Gasteiger partial charge >= 0.3 is 12.0 Å². The molecule has 0 fully saturated rings. The van der Waals surface area contributed by atoms with Crippen LogP contribution in [-0.2, 0) is 4.79 Å². The summed E-state index contributed by atoms with van der Waals surface area (Å²) >= 11 is 0. The van der Waals surface area contributed by atoms with Crippen LogP contribution in [0.1, 0.15) is 12.8 Å². The van der Waals surface area contributed by atoms with E-state index in [0.717, 1.165) is 0 Å². The first kappa shape index (κ1) is 14.6. The maximum Gasteiger partial charge on any atom is 0.321 e. The molecule has 0 aromatic heterocycles. The molecule has 2 N–H and O–H groups in total. The second-order valence-corrected chi connectivity index (χ2v) is 3.82. The van der Waals surface area contributed by atoms with Crippen molar-refractivity contribution in [3.8, 4) is 12.3 Å². The Morgan fingerprint density at radius 3 is 2.58 bits per heavy atom. The molecule has 0 unspecified atom stereocenters. The number of nitrogens with one attached hydrogen (secondary N) is 1. The van der Waals surface area contributed by atoms with Gasteiger partial charge in [0.25, 0.3) is 0 Å². The molecule has 0 aliphatic rings. The van der Waals surface area contributed by atoms with Crippen molar-refractivity contribution >= 4 is 17.7 Å². The lowest BCUT2D eigenvalue weighted by atomic mass is 10.2. The number of terminal acetylenes is 1. The first-order valence-corrected chi connectivity index (χ1v) is 5.91. The summed E-state index contributed by atoms with van der Waals surface area (Å²) in [5, 5.41) is 11.4. The van der Waals surface area contributed by atoms with Crippen molar-refractivity contribution in [1.29, 1.82) is 0 Å². The Morgan fingerprint density at radius 2 is 2.00 bits per heavy atom. The number of anilines is 1. The minimum Gasteiger partial charge on any atom is -0.481 e. The zero-order chi connectivity index (χ0) is 14.1. The summed E-state index contributed by atoms with van der Waals surface area (Å²) in [5.41, 5.74) is 0.655. The highest BCUT2D eigenvalue weighted by molar-refractivity contribution is 5.92. The molecule has 0 aliphatic heterocycles. The van der Waals surface area contributed by atoms with Gasteiger partial charge in [-0.1, -0.05) is 18.2 Å². The van der Waals surface area contributed by atoms with Gasteiger partial charge < -0.3 is 10.4 Å². The van der Waals surface area contributed by atoms with Crippen molar-refractivity contribution in [1.82, 2.24) is 5.32 Å². The first-order valence-electron chi connectivity index (χ1n) is 5.91. The van der Waals surface area contributed by atoms with Gasteiger partial charge in [0.15, 0.2) is 0 Å². The summed E-state index contributed by atoms with van der Waals surface area (Å²) in [7, 11) is 0. The summed E-state index contributed by atoms with van der Waals surface area (Å²) in [6.45, 7) is 0.479. The number of carbonyl (C=O) groups is 2. The van der Waals surface area contributed by atoms with Gasteiger partial charge in [-0.2, -0.15) is 0 Å². The third-order valence-corrected chi connectivity index (χ3v) is 2.41. The molecule has 0 saturated heterocycles. The summed E-state index contributed by atoms with van der Waals surface area (Å²) in [4.78, 5) is 24.0. The van der Waals surface area contributed by atoms with E-state index in [1.165, 1.54) is 4.90 Å². The molecule has 5 heteroatoms. The van der Waals surface area contributed by atoms with Gasteiger partial charge in [-0.3, -0.25) is 9.69 Å². The highest BCUT2D eigenvalue weighted by Gasteiger charge is 2.15. The predicted molar refractivity (Wildman–Crippen MR) is 72.9 cm³/mol. The average molecular weight is 260 g/mol. The lowest BCUT2D eigenvalue weighted by Crippen LogP contribution is -2.41. The number of aliphatic carboxylic acids is 1. The number of nitrogens with zero attached hydrogens (tertiary/aromatic N) is 1. The molecule has 19 heavy (non-hydrogen) atoms. The van der Waals surface area contributed by atoms with E-state index in [9.17, 15) is 9.59 Å². The number of para-hydroxylation sites is 1. The third-order valence-electron chi connectivity index (χ3n) is 2.41. The molecule has 1 rings (SSSR count). The van der Waals surface area contributed by atoms with Gasteiger partial charge in [0.1, 0.15) is 0 Å². The standard InChI is InChI=1S/C14H16N2O3/c1-2-3-10-15-14(19)16(11-9-13(17)18)12-7-5-4-6-8-12/h1,4-8H,3,9-11H2,(H,15,19)(H,17,18). The summed E-state index contributed by atoms with van der Waals surface area (Å²) in [6.07, 6.45) is 5.43. The Balaban J connectivity index is 2.72. The Bertz CT molecular complexity index is 465. The molecule has 1 aromatic rings. The number of hydrogen-bond acceptors (Lipinski definition) is 2. The maximum atomic E-state index is 12.0. The molecule has 0 bridgehead atoms. The largest absolute Gasteiger partial charge is 0.481 e. The molecule has 0 saturated carbocycles. The Hall–Kier alpha value is -2.48. The quantitative estimate of drug-likeness (QED) is 0.604. The summed E-state index contributed by atoms with van der Waals surface area (Å²) in [5.74, 6) is 1.48. The number of rotatable bonds is 6. The molecule has 0 spiro atoms. The van der Waals surface area contributed by atoms with E-state index in [-0.39, 0.29) is 19.0 Å². The lowest BCUT2D eigenvalue weighted by Gasteiger charge is -2.22. The minimum atomic E-state index is -0.947. The van der Waals surface area contributed by atoms with E-state index in [1.807, 2.05) is 6.07 Å². The number of carboxylic acid groups (broad SMARTS) is 1. The predicted octanol–water partition coefficient (Wildman–Crippen LogP) is 1.70. The van der Waals surface area contributed by atoms with Gasteiger partial charge in [0, 0.05) is 25.2 Å². The number of amides is 2. The average Bonchev–Trinajstić information content (AvgIpc) is 2.40. The first-order chi connectivity index (χ1) is 9.15. The minimum absolute atomic E-state index is 0.112. The van der Waals surface area contributed by atoms with Crippen LogP contribution in [0.15, 0.2) is 30.3 Å². The topological polar surface area (TPSA) is 69.6 Å². The van der Waals surface area contributed by atoms with Gasteiger partial charge in [-0.15, -0.1) is 12.3 Å². The van der Waals surface area contributed by atoms with Gasteiger partial charge in [0.2, 0.25) is 0 Å². The number of hydrogen-bond donors (Lipinski definition) is 2. The van der Waals surface area contributed by atoms with E-state index in [0.29, 0.717) is 18.7 Å². The molecule has 100 valence electrons. The van der Waals surface area contributed by atoms with Crippen molar-refractivity contribution in [2.75, 3.05) is 18.0 Å². The molecule has 2 amide bonds. The van der Waals surface area contributed by atoms with Crippen LogP contribution in [0, 0.1) is 12.3 Å². The van der Waals surface area contributed by atoms with Crippen LogP contribution < -0.4 is 10.2 Å². The Kier molecular flexibility index (Phi) is 5.96. The molecular formula is C14H16N2O3. The smallest absolute Gasteiger partial charge is 0.321 e. The fourth-order valence-electron chi connectivity index (χ4n) is 1.50. The Labute approximate surface area is 112 Å². The SMILES string of the molecule is C#CCCNC(=O)N(CCC(=O)O)c1ccccc1. The van der Waals surface area contributed by atoms with Crippen molar-refractivity contribution in [2.45, 2.75) is 12.8 Å². The lowest BCUT2D eigenvalue weighted by molar-refractivity contribution is -0.136. The zero-order valence-corrected chi connectivity index (χ0v) is 10.5. The van der Waals surface area contributed by atoms with Crippen molar-refractivity contribution in [3.05, 3.63) is 30.3 Å². The highest BCUT2D eigenvalue weighted by Crippen LogP contribution is 2.13. The van der Waals surface area contributed by atoms with Crippen LogP contribution in [0.25, 0.3) is 0 Å². The number of carboxylic acids is 1. The van der Waals surface area contributed by atoms with E-state index in [1.54, 1.807) is 24.3 Å². The molecule has 0 heterocycles. The number of benzene rings is 1. The maximum absolute atomic E-state index is 12.0. The second kappa shape index (κ2) is 7.77. The van der Waals surface area contributed by atoms with Crippen LogP contribution in [0.5, 0.6) is 0 Å². The number of carbonyl (C=O) groups excluding carboxylic acids is 1. The fourth-order valence-corrected chi connectivity index (χ4v) is 1.50. The highest BCUT2D eigenvalue weighted by atomic mass is 16.4. The molecule has 0 aliphatic carbocycles. The van der Waals surface area contributed by atoms with Crippen molar-refractivity contribution < 1.29 is 14.7 Å². The normalized spacial score (nSPS) is 9.42. The third kappa shape index (κ3) is 5.13. The van der Waals surface area contributed by atoms with Gasteiger partial charge in [0.05, 0.1) is 6.42 Å². The molecule has 5 nitrogen and oxygen atoms in total. The second-order valence-electron chi connectivity index (χ2n) is 3.82. The van der Waals surface area contributed by atoms with Crippen LogP contribution in [0.2, 0.25) is 0 Å². The monoisotopic (exact) mass is 260 g/mol. The van der Waals surface area contributed by atoms with Crippen LogP contribution >= 0.6 is 0 Å². The summed E-state index contributed by atoms with van der Waals surface area (Å²) in [6, 6.07) is 8.57. The molecule has 1 aromatic carbocycles. The van der Waals surface area contributed by atoms with Crippen LogP contribution in [-0.4, -0.2) is 30.2 Å². The fraction of sp³-hybridized carbons (Fsp3) is 0.286.